The number of amides is 1. The van der Waals surface area contributed by atoms with Crippen molar-refractivity contribution in [2.75, 3.05) is 20.2 Å². The van der Waals surface area contributed by atoms with Gasteiger partial charge in [0.2, 0.25) is 0 Å². The molecular weight excluding hydrogens is 625 g/mol. The van der Waals surface area contributed by atoms with Crippen molar-refractivity contribution in [3.05, 3.63) is 76.6 Å². The Kier molecular flexibility index (Phi) is 8.52. The van der Waals surface area contributed by atoms with Crippen molar-refractivity contribution in [1.29, 1.82) is 0 Å². The number of ether oxygens (including phenoxy) is 2. The molecule has 0 saturated carbocycles. The Labute approximate surface area is 273 Å². The number of methoxy groups -OCH3 is 1. The lowest BCUT2D eigenvalue weighted by molar-refractivity contribution is 0.0546. The van der Waals surface area contributed by atoms with E-state index in [9.17, 15) is 22.4 Å². The number of likely N-dealkylation sites (tertiary alicyclic amines) is 1. The molecule has 6 rings (SSSR count). The van der Waals surface area contributed by atoms with Gasteiger partial charge in [-0.05, 0) is 101 Å². The van der Waals surface area contributed by atoms with E-state index in [0.717, 1.165) is 36.7 Å². The summed E-state index contributed by atoms with van der Waals surface area (Å²) in [5, 5.41) is 3.52. The molecule has 0 spiro atoms. The van der Waals surface area contributed by atoms with Crippen LogP contribution in [0.5, 0.6) is 11.5 Å². The fourth-order valence-electron chi connectivity index (χ4n) is 6.15. The maximum Gasteiger partial charge on any atom is 0.419 e. The first-order valence-electron chi connectivity index (χ1n) is 15.6. The summed E-state index contributed by atoms with van der Waals surface area (Å²) in [4.78, 5) is 29.2. The second-order valence-electron chi connectivity index (χ2n) is 13.0. The van der Waals surface area contributed by atoms with Crippen molar-refractivity contribution in [2.24, 2.45) is 0 Å². The van der Waals surface area contributed by atoms with Crippen LogP contribution in [0.1, 0.15) is 67.1 Å². The van der Waals surface area contributed by atoms with E-state index in [4.69, 9.17) is 13.7 Å². The summed E-state index contributed by atoms with van der Waals surface area (Å²) in [7, 11) is -3.18. The predicted octanol–water partition coefficient (Wildman–Crippen LogP) is 6.54. The highest BCUT2D eigenvalue weighted by Crippen LogP contribution is 2.45. The van der Waals surface area contributed by atoms with Crippen molar-refractivity contribution in [1.82, 2.24) is 14.8 Å². The number of benzene rings is 3. The van der Waals surface area contributed by atoms with Gasteiger partial charge in [-0.3, -0.25) is 9.69 Å². The molecule has 1 saturated heterocycles. The van der Waals surface area contributed by atoms with Gasteiger partial charge in [-0.2, -0.15) is 8.42 Å². The van der Waals surface area contributed by atoms with Gasteiger partial charge in [-0.25, -0.2) is 13.8 Å². The molecule has 1 aromatic heterocycles. The minimum Gasteiger partial charge on any atom is -0.493 e. The van der Waals surface area contributed by atoms with Crippen LogP contribution in [0, 0.1) is 12.7 Å². The molecule has 0 radical (unpaired) electrons. The molecule has 248 valence electrons. The summed E-state index contributed by atoms with van der Waals surface area (Å²) in [6.07, 6.45) is 2.93. The van der Waals surface area contributed by atoms with Crippen LogP contribution in [0.2, 0.25) is 0 Å². The van der Waals surface area contributed by atoms with Crippen molar-refractivity contribution >= 4 is 33.0 Å². The molecule has 4 aromatic rings. The van der Waals surface area contributed by atoms with E-state index in [0.29, 0.717) is 16.8 Å². The van der Waals surface area contributed by atoms with Gasteiger partial charge in [0.15, 0.2) is 11.5 Å². The van der Waals surface area contributed by atoms with Crippen LogP contribution in [-0.2, 0) is 27.9 Å². The molecule has 47 heavy (non-hydrogen) atoms. The molecule has 0 atom stereocenters. The highest BCUT2D eigenvalue weighted by Gasteiger charge is 2.35. The Hall–Kier alpha value is -4.42. The third-order valence-corrected chi connectivity index (χ3v) is 9.63. The lowest BCUT2D eigenvalue weighted by atomic mass is 9.98. The quantitative estimate of drug-likeness (QED) is 0.222. The molecular formula is C35H38FN3O7S. The fourth-order valence-corrected chi connectivity index (χ4v) is 7.13. The van der Waals surface area contributed by atoms with Gasteiger partial charge in [0.25, 0.3) is 5.91 Å². The minimum atomic E-state index is -4.52. The number of hydrogen-bond donors (Lipinski definition) is 1. The first-order chi connectivity index (χ1) is 22.3. The van der Waals surface area contributed by atoms with Crippen molar-refractivity contribution < 1.29 is 36.1 Å². The standard InChI is InChI=1S/C35H38FN3O7S/c1-21-9-11-24(17-27(21)36)47(42,43)46-32-26-19-37-33(40)31(26)25(18-30(32)44-5)29-16-23-15-22(20-38-13-7-6-8-14-38)10-12-28(23)39(29)34(41)45-35(2,3)4/h9-12,15-18H,6-8,13-14,19-20H2,1-5H3,(H,37,40). The highest BCUT2D eigenvalue weighted by molar-refractivity contribution is 7.87. The molecule has 1 N–H and O–H groups in total. The number of carbonyl (C=O) groups excluding carboxylic acids is 2. The lowest BCUT2D eigenvalue weighted by Gasteiger charge is -2.26. The minimum absolute atomic E-state index is 0.0122. The van der Waals surface area contributed by atoms with Gasteiger partial charge in [0.05, 0.1) is 23.9 Å². The Morgan fingerprint density at radius 1 is 1.02 bits per heavy atom. The lowest BCUT2D eigenvalue weighted by Crippen LogP contribution is -2.29. The average molecular weight is 664 g/mol. The summed E-state index contributed by atoms with van der Waals surface area (Å²) < 4.78 is 59.4. The summed E-state index contributed by atoms with van der Waals surface area (Å²) in [6.45, 7) is 9.62. The first kappa shape index (κ1) is 32.5. The van der Waals surface area contributed by atoms with Gasteiger partial charge in [0, 0.05) is 29.6 Å². The van der Waals surface area contributed by atoms with Crippen LogP contribution >= 0.6 is 0 Å². The van der Waals surface area contributed by atoms with E-state index in [1.807, 2.05) is 24.3 Å². The fraction of sp³-hybridized carbons (Fsp3) is 0.371. The van der Waals surface area contributed by atoms with E-state index in [2.05, 4.69) is 10.2 Å². The second-order valence-corrected chi connectivity index (χ2v) is 14.6. The number of aromatic nitrogens is 1. The van der Waals surface area contributed by atoms with E-state index in [1.165, 1.54) is 56.1 Å². The molecule has 3 aromatic carbocycles. The number of fused-ring (bicyclic) bond motifs is 2. The predicted molar refractivity (Wildman–Crippen MR) is 175 cm³/mol. The number of nitrogens with zero attached hydrogens (tertiary/aromatic N) is 2. The number of halogens is 1. The van der Waals surface area contributed by atoms with Crippen molar-refractivity contribution in [2.45, 2.75) is 70.5 Å². The SMILES string of the molecule is COc1cc(-c2cc3cc(CN4CCCCC4)ccc3n2C(=O)OC(C)(C)C)c2c(c1OS(=O)(=O)c1ccc(C)c(F)c1)CNC2=O. The van der Waals surface area contributed by atoms with Crippen LogP contribution in [0.4, 0.5) is 9.18 Å². The Bertz CT molecular complexity index is 2010. The molecule has 0 unspecified atom stereocenters. The van der Waals surface area contributed by atoms with Crippen LogP contribution in [0.25, 0.3) is 22.2 Å². The van der Waals surface area contributed by atoms with Gasteiger partial charge < -0.3 is 19.0 Å². The highest BCUT2D eigenvalue weighted by atomic mass is 32.2. The van der Waals surface area contributed by atoms with E-state index >= 15 is 0 Å². The number of carbonyl (C=O) groups is 2. The zero-order chi connectivity index (χ0) is 33.7. The Morgan fingerprint density at radius 3 is 2.45 bits per heavy atom. The van der Waals surface area contributed by atoms with Crippen molar-refractivity contribution in [3.8, 4) is 22.8 Å². The number of rotatable bonds is 7. The largest absolute Gasteiger partial charge is 0.493 e. The van der Waals surface area contributed by atoms with E-state index in [-0.39, 0.29) is 39.6 Å². The van der Waals surface area contributed by atoms with Crippen molar-refractivity contribution in [3.63, 3.8) is 0 Å². The van der Waals surface area contributed by atoms with E-state index < -0.39 is 33.5 Å². The van der Waals surface area contributed by atoms with E-state index in [1.54, 1.807) is 20.8 Å². The first-order valence-corrected chi connectivity index (χ1v) is 17.0. The topological polar surface area (TPSA) is 116 Å². The van der Waals surface area contributed by atoms with Crippen LogP contribution < -0.4 is 14.2 Å². The summed E-state index contributed by atoms with van der Waals surface area (Å²) in [5.41, 5.74) is 2.21. The van der Waals surface area contributed by atoms with Crippen LogP contribution in [0.3, 0.4) is 0 Å². The number of hydrogen-bond acceptors (Lipinski definition) is 8. The monoisotopic (exact) mass is 663 g/mol. The molecule has 12 heteroatoms. The zero-order valence-electron chi connectivity index (χ0n) is 27.1. The summed E-state index contributed by atoms with van der Waals surface area (Å²) >= 11 is 0. The average Bonchev–Trinajstić information content (AvgIpc) is 3.59. The molecule has 3 heterocycles. The van der Waals surface area contributed by atoms with Gasteiger partial charge >= 0.3 is 16.2 Å². The smallest absolute Gasteiger partial charge is 0.419 e. The molecule has 1 fully saturated rings. The molecule has 2 aliphatic rings. The maximum atomic E-state index is 14.3. The Balaban J connectivity index is 1.50. The number of nitrogens with one attached hydrogen (secondary N) is 1. The maximum absolute atomic E-state index is 14.3. The van der Waals surface area contributed by atoms with Crippen LogP contribution in [0.15, 0.2) is 53.4 Å². The third kappa shape index (κ3) is 6.44. The van der Waals surface area contributed by atoms with Gasteiger partial charge in [0.1, 0.15) is 16.3 Å². The zero-order valence-corrected chi connectivity index (χ0v) is 27.9. The molecule has 2 aliphatic heterocycles. The molecule has 0 aliphatic carbocycles. The summed E-state index contributed by atoms with van der Waals surface area (Å²) in [6, 6.07) is 12.7. The Morgan fingerprint density at radius 2 is 1.77 bits per heavy atom. The van der Waals surface area contributed by atoms with Crippen LogP contribution in [-0.4, -0.2) is 55.7 Å². The number of aryl methyl sites for hydroxylation is 1. The van der Waals surface area contributed by atoms with Gasteiger partial charge in [-0.15, -0.1) is 0 Å². The second kappa shape index (κ2) is 12.3. The normalized spacial score (nSPS) is 15.4. The summed E-state index contributed by atoms with van der Waals surface area (Å²) in [5.74, 6) is -1.37. The molecule has 0 bridgehead atoms. The molecule has 1 amide bonds. The third-order valence-electron chi connectivity index (χ3n) is 8.41. The van der Waals surface area contributed by atoms with Gasteiger partial charge in [-0.1, -0.05) is 18.6 Å². The number of piperidine rings is 1. The molecule has 10 nitrogen and oxygen atoms in total.